The molecule has 2 fully saturated rings. The molecule has 1 unspecified atom stereocenters. The van der Waals surface area contributed by atoms with E-state index in [-0.39, 0.29) is 6.23 Å². The molecule has 8 heteroatoms. The van der Waals surface area contributed by atoms with Gasteiger partial charge in [-0.1, -0.05) is 0 Å². The van der Waals surface area contributed by atoms with Gasteiger partial charge in [0.25, 0.3) is 0 Å². The Labute approximate surface area is 111 Å². The lowest BCUT2D eigenvalue weighted by atomic mass is 10.1. The van der Waals surface area contributed by atoms with Crippen LogP contribution in [0, 0.1) is 5.92 Å². The van der Waals surface area contributed by atoms with Gasteiger partial charge in [-0.25, -0.2) is 9.76 Å². The van der Waals surface area contributed by atoms with Crippen molar-refractivity contribution >= 4 is 30.9 Å². The minimum absolute atomic E-state index is 0.164. The van der Waals surface area contributed by atoms with E-state index in [1.807, 2.05) is 0 Å². The summed E-state index contributed by atoms with van der Waals surface area (Å²) in [6, 6.07) is 0. The largest absolute Gasteiger partial charge is 0.362 e. The highest BCUT2D eigenvalue weighted by molar-refractivity contribution is 7.54. The van der Waals surface area contributed by atoms with E-state index >= 15 is 0 Å². The van der Waals surface area contributed by atoms with Gasteiger partial charge >= 0.3 is 7.67 Å². The highest BCUT2D eigenvalue weighted by Gasteiger charge is 2.44. The van der Waals surface area contributed by atoms with E-state index in [9.17, 15) is 4.57 Å². The summed E-state index contributed by atoms with van der Waals surface area (Å²) in [7, 11) is -3.04. The van der Waals surface area contributed by atoms with Gasteiger partial charge in [0.15, 0.2) is 0 Å². The summed E-state index contributed by atoms with van der Waals surface area (Å²) in [5, 5.41) is 2.98. The van der Waals surface area contributed by atoms with Crippen molar-refractivity contribution in [2.75, 3.05) is 38.1 Å². The Morgan fingerprint density at radius 2 is 2.06 bits per heavy atom. The number of hydrogen-bond acceptors (Lipinski definition) is 3. The van der Waals surface area contributed by atoms with Crippen LogP contribution in [0.5, 0.6) is 0 Å². The first-order valence-corrected chi connectivity index (χ1v) is 8.35. The summed E-state index contributed by atoms with van der Waals surface area (Å²) in [6.07, 6.45) is 0.783. The van der Waals surface area contributed by atoms with Crippen LogP contribution in [-0.2, 0) is 13.8 Å². The minimum Gasteiger partial charge on any atom is -0.362 e. The van der Waals surface area contributed by atoms with Gasteiger partial charge in [-0.05, 0) is 6.42 Å². The zero-order chi connectivity index (χ0) is 12.3. The quantitative estimate of drug-likeness (QED) is 0.620. The number of nitrogens with one attached hydrogen (secondary N) is 1. The number of halogens is 2. The van der Waals surface area contributed by atoms with Crippen LogP contribution in [0.15, 0.2) is 0 Å². The summed E-state index contributed by atoms with van der Waals surface area (Å²) in [4.78, 5) is 0. The van der Waals surface area contributed by atoms with Crippen LogP contribution in [0.3, 0.4) is 0 Å². The molecule has 2 aliphatic rings. The van der Waals surface area contributed by atoms with Gasteiger partial charge in [0.2, 0.25) is 0 Å². The molecule has 0 aromatic rings. The number of hydrogen-bond donors (Lipinski definition) is 1. The van der Waals surface area contributed by atoms with Gasteiger partial charge in [0.05, 0.1) is 6.61 Å². The van der Waals surface area contributed by atoms with E-state index in [2.05, 4.69) is 5.09 Å². The summed E-state index contributed by atoms with van der Waals surface area (Å²) in [5.41, 5.74) is 0. The molecule has 2 saturated heterocycles. The normalized spacial score (nSPS) is 37.4. The zero-order valence-corrected chi connectivity index (χ0v) is 11.9. The molecule has 0 saturated carbocycles. The van der Waals surface area contributed by atoms with Crippen molar-refractivity contribution in [1.29, 1.82) is 0 Å². The first-order chi connectivity index (χ1) is 8.19. The Balaban J connectivity index is 2.03. The molecule has 1 N–H and O–H groups in total. The zero-order valence-electron chi connectivity index (χ0n) is 9.48. The number of fused-ring (bicyclic) bond motifs is 1. The molecule has 0 amide bonds. The number of nitrogens with zero attached hydrogens (tertiary/aromatic N) is 1. The van der Waals surface area contributed by atoms with Crippen LogP contribution in [0.25, 0.3) is 0 Å². The van der Waals surface area contributed by atoms with Gasteiger partial charge in [-0.15, -0.1) is 23.2 Å². The summed E-state index contributed by atoms with van der Waals surface area (Å²) < 4.78 is 25.4. The van der Waals surface area contributed by atoms with Crippen molar-refractivity contribution in [3.63, 3.8) is 0 Å². The van der Waals surface area contributed by atoms with E-state index in [0.29, 0.717) is 44.0 Å². The molecule has 2 rings (SSSR count). The third-order valence-corrected chi connectivity index (χ3v) is 5.59. The van der Waals surface area contributed by atoms with Gasteiger partial charge < -0.3 is 9.26 Å². The highest BCUT2D eigenvalue weighted by Crippen LogP contribution is 2.51. The Morgan fingerprint density at radius 1 is 1.35 bits per heavy atom. The molecule has 17 heavy (non-hydrogen) atoms. The maximum Gasteiger partial charge on any atom is 0.345 e. The molecule has 2 aliphatic heterocycles. The summed E-state index contributed by atoms with van der Waals surface area (Å²) >= 11 is 11.4. The second-order valence-electron chi connectivity index (χ2n) is 4.12. The van der Waals surface area contributed by atoms with Crippen molar-refractivity contribution in [2.45, 2.75) is 12.6 Å². The molecule has 0 aromatic carbocycles. The number of alkyl halides is 2. The Morgan fingerprint density at radius 3 is 2.71 bits per heavy atom. The first kappa shape index (κ1) is 14.1. The van der Waals surface area contributed by atoms with Gasteiger partial charge in [-0.2, -0.15) is 0 Å². The van der Waals surface area contributed by atoms with Crippen LogP contribution in [-0.4, -0.2) is 49.0 Å². The molecular formula is C9H17Cl2N2O3P. The van der Waals surface area contributed by atoms with Crippen molar-refractivity contribution in [3.8, 4) is 0 Å². The maximum absolute atomic E-state index is 12.7. The van der Waals surface area contributed by atoms with Crippen LogP contribution >= 0.6 is 30.9 Å². The smallest absolute Gasteiger partial charge is 0.345 e. The molecular weight excluding hydrogens is 286 g/mol. The fraction of sp³-hybridized carbons (Fsp3) is 1.00. The lowest BCUT2D eigenvalue weighted by Gasteiger charge is -2.37. The van der Waals surface area contributed by atoms with Crippen LogP contribution in [0.4, 0.5) is 0 Å². The Bertz CT molecular complexity index is 302. The summed E-state index contributed by atoms with van der Waals surface area (Å²) in [5.74, 6) is 1.08. The van der Waals surface area contributed by atoms with Crippen LogP contribution in [0.1, 0.15) is 6.42 Å². The average Bonchev–Trinajstić information content (AvgIpc) is 2.75. The molecule has 100 valence electrons. The fourth-order valence-corrected chi connectivity index (χ4v) is 4.85. The molecule has 0 radical (unpaired) electrons. The average molecular weight is 303 g/mol. The van der Waals surface area contributed by atoms with Crippen molar-refractivity contribution in [1.82, 2.24) is 9.76 Å². The van der Waals surface area contributed by atoms with Crippen molar-refractivity contribution in [3.05, 3.63) is 0 Å². The third kappa shape index (κ3) is 3.16. The predicted octanol–water partition coefficient (Wildman–Crippen LogP) is 1.86. The number of ether oxygens (including phenoxy) is 1. The second kappa shape index (κ2) is 6.20. The second-order valence-corrected chi connectivity index (χ2v) is 7.00. The lowest BCUT2D eigenvalue weighted by Crippen LogP contribution is -2.44. The van der Waals surface area contributed by atoms with Gasteiger partial charge in [0.1, 0.15) is 6.23 Å². The number of rotatable bonds is 5. The standard InChI is InChI=1S/C9H17Cl2N2O3P/c10-2-4-13(5-3-11)17(14)12-9-8(7-16-17)1-6-15-9/h8-9H,1-7H2,(H,12,14)/t8-,9-,17?/m0/s1. The maximum atomic E-state index is 12.7. The molecule has 0 aromatic heterocycles. The predicted molar refractivity (Wildman–Crippen MR) is 67.6 cm³/mol. The molecule has 5 nitrogen and oxygen atoms in total. The SMILES string of the molecule is O=P1(N(CCCl)CCCl)N[C@H]2OCC[C@H]2CO1. The van der Waals surface area contributed by atoms with E-state index < -0.39 is 7.67 Å². The lowest BCUT2D eigenvalue weighted by molar-refractivity contribution is 0.0392. The van der Waals surface area contributed by atoms with Crippen molar-refractivity contribution in [2.24, 2.45) is 5.92 Å². The van der Waals surface area contributed by atoms with Crippen LogP contribution < -0.4 is 5.09 Å². The van der Waals surface area contributed by atoms with Crippen molar-refractivity contribution < 1.29 is 13.8 Å². The molecule has 3 atom stereocenters. The van der Waals surface area contributed by atoms with Crippen LogP contribution in [0.2, 0.25) is 0 Å². The van der Waals surface area contributed by atoms with E-state index in [4.69, 9.17) is 32.5 Å². The van der Waals surface area contributed by atoms with Gasteiger partial charge in [-0.3, -0.25) is 4.57 Å². The topological polar surface area (TPSA) is 50.8 Å². The molecule has 0 bridgehead atoms. The first-order valence-electron chi connectivity index (χ1n) is 5.71. The minimum atomic E-state index is -3.04. The van der Waals surface area contributed by atoms with E-state index in [1.165, 1.54) is 0 Å². The molecule has 2 heterocycles. The molecule has 0 spiro atoms. The van der Waals surface area contributed by atoms with Gasteiger partial charge in [0, 0.05) is 37.4 Å². The van der Waals surface area contributed by atoms with E-state index in [1.54, 1.807) is 4.67 Å². The Kier molecular flexibility index (Phi) is 5.13. The Hall–Kier alpha value is 0.650. The monoisotopic (exact) mass is 302 g/mol. The summed E-state index contributed by atoms with van der Waals surface area (Å²) in [6.45, 7) is 2.12. The van der Waals surface area contributed by atoms with E-state index in [0.717, 1.165) is 6.42 Å². The fourth-order valence-electron chi connectivity index (χ4n) is 2.08. The third-order valence-electron chi connectivity index (χ3n) is 3.03. The highest BCUT2D eigenvalue weighted by atomic mass is 35.5. The molecule has 0 aliphatic carbocycles.